The highest BCUT2D eigenvalue weighted by Gasteiger charge is 2.07. The third-order valence-electron chi connectivity index (χ3n) is 4.72. The Morgan fingerprint density at radius 2 is 1.17 bits per heavy atom. The Morgan fingerprint density at radius 1 is 0.586 bits per heavy atom. The van der Waals surface area contributed by atoms with Crippen LogP contribution < -0.4 is 5.32 Å². The minimum atomic E-state index is -0.112. The number of rotatable bonds is 5. The van der Waals surface area contributed by atoms with Crippen LogP contribution in [0.3, 0.4) is 0 Å². The Bertz CT molecular complexity index is 1110. The van der Waals surface area contributed by atoms with E-state index < -0.39 is 0 Å². The fourth-order valence-corrected chi connectivity index (χ4v) is 3.14. The molecule has 1 N–H and O–H groups in total. The zero-order chi connectivity index (χ0) is 19.9. The molecule has 4 rings (SSSR count). The number of carbonyl (C=O) groups is 1. The van der Waals surface area contributed by atoms with Crippen LogP contribution in [-0.4, -0.2) is 5.91 Å². The number of carbonyl (C=O) groups excluding carboxylic acids is 1. The Labute approximate surface area is 171 Å². The molecule has 0 fully saturated rings. The van der Waals surface area contributed by atoms with E-state index in [1.54, 1.807) is 0 Å². The zero-order valence-electron chi connectivity index (χ0n) is 16.0. The van der Waals surface area contributed by atoms with Crippen molar-refractivity contribution in [3.05, 3.63) is 126 Å². The summed E-state index contributed by atoms with van der Waals surface area (Å²) in [5.74, 6) is -0.112. The molecule has 2 heteroatoms. The second-order valence-corrected chi connectivity index (χ2v) is 6.73. The van der Waals surface area contributed by atoms with Crippen molar-refractivity contribution in [2.24, 2.45) is 0 Å². The molecule has 0 radical (unpaired) electrons. The fraction of sp³-hybridized carbons (Fsp3) is 0. The number of nitrogens with one attached hydrogen (secondary N) is 1. The lowest BCUT2D eigenvalue weighted by molar-refractivity contribution is 0.102. The molecular weight excluding hydrogens is 354 g/mol. The quantitative estimate of drug-likeness (QED) is 0.383. The SMILES string of the molecule is O=C(Nc1ccccc1/C=C/c1ccc(-c2ccccc2)cc1)c1ccccc1. The number of benzene rings is 4. The van der Waals surface area contributed by atoms with Crippen LogP contribution in [0, 0.1) is 0 Å². The second kappa shape index (κ2) is 8.85. The van der Waals surface area contributed by atoms with E-state index >= 15 is 0 Å². The summed E-state index contributed by atoms with van der Waals surface area (Å²) in [7, 11) is 0. The van der Waals surface area contributed by atoms with Gasteiger partial charge in [-0.3, -0.25) is 4.79 Å². The van der Waals surface area contributed by atoms with Crippen LogP contribution in [0.1, 0.15) is 21.5 Å². The van der Waals surface area contributed by atoms with Crippen molar-refractivity contribution in [3.8, 4) is 11.1 Å². The van der Waals surface area contributed by atoms with Crippen LogP contribution >= 0.6 is 0 Å². The van der Waals surface area contributed by atoms with Gasteiger partial charge in [-0.15, -0.1) is 0 Å². The van der Waals surface area contributed by atoms with Crippen LogP contribution in [0.4, 0.5) is 5.69 Å². The summed E-state index contributed by atoms with van der Waals surface area (Å²) in [5, 5.41) is 3.00. The van der Waals surface area contributed by atoms with Crippen LogP contribution in [0.25, 0.3) is 23.3 Å². The van der Waals surface area contributed by atoms with Gasteiger partial charge in [0.15, 0.2) is 0 Å². The third-order valence-corrected chi connectivity index (χ3v) is 4.72. The number of anilines is 1. The summed E-state index contributed by atoms with van der Waals surface area (Å²) < 4.78 is 0. The van der Waals surface area contributed by atoms with E-state index in [2.05, 4.69) is 47.8 Å². The van der Waals surface area contributed by atoms with Gasteiger partial charge in [-0.1, -0.05) is 103 Å². The summed E-state index contributed by atoms with van der Waals surface area (Å²) in [5.41, 5.74) is 5.90. The summed E-state index contributed by atoms with van der Waals surface area (Å²) in [6.45, 7) is 0. The Hall–Kier alpha value is -3.91. The van der Waals surface area contributed by atoms with Crippen molar-refractivity contribution in [2.45, 2.75) is 0 Å². The summed E-state index contributed by atoms with van der Waals surface area (Å²) >= 11 is 0. The van der Waals surface area contributed by atoms with Crippen molar-refractivity contribution in [1.29, 1.82) is 0 Å². The Morgan fingerprint density at radius 3 is 1.90 bits per heavy atom. The van der Waals surface area contributed by atoms with E-state index in [1.165, 1.54) is 11.1 Å². The smallest absolute Gasteiger partial charge is 0.255 e. The Kier molecular flexibility index (Phi) is 5.63. The first-order chi connectivity index (χ1) is 14.3. The topological polar surface area (TPSA) is 29.1 Å². The summed E-state index contributed by atoms with van der Waals surface area (Å²) in [6, 6.07) is 35.8. The molecule has 1 amide bonds. The van der Waals surface area contributed by atoms with Crippen molar-refractivity contribution in [1.82, 2.24) is 0 Å². The number of para-hydroxylation sites is 1. The largest absolute Gasteiger partial charge is 0.321 e. The van der Waals surface area contributed by atoms with Gasteiger partial charge in [0.05, 0.1) is 0 Å². The monoisotopic (exact) mass is 375 g/mol. The van der Waals surface area contributed by atoms with Gasteiger partial charge in [-0.25, -0.2) is 0 Å². The average Bonchev–Trinajstić information content (AvgIpc) is 2.80. The Balaban J connectivity index is 1.51. The third kappa shape index (κ3) is 4.69. The first-order valence-corrected chi connectivity index (χ1v) is 9.58. The van der Waals surface area contributed by atoms with E-state index in [0.717, 1.165) is 16.8 Å². The van der Waals surface area contributed by atoms with Gasteiger partial charge in [-0.05, 0) is 40.5 Å². The molecule has 0 unspecified atom stereocenters. The molecular formula is C27H21NO. The predicted octanol–water partition coefficient (Wildman–Crippen LogP) is 6.78. The molecule has 4 aromatic carbocycles. The normalized spacial score (nSPS) is 10.8. The maximum atomic E-state index is 12.5. The fourth-order valence-electron chi connectivity index (χ4n) is 3.14. The standard InChI is InChI=1S/C27H21NO/c29-27(25-12-5-2-6-13-25)28-26-14-8-7-11-24(26)20-17-21-15-18-23(19-16-21)22-9-3-1-4-10-22/h1-20H,(H,28,29)/b20-17+. The molecule has 0 aliphatic carbocycles. The van der Waals surface area contributed by atoms with Gasteiger partial charge in [0, 0.05) is 11.3 Å². The lowest BCUT2D eigenvalue weighted by Crippen LogP contribution is -2.12. The molecule has 0 aromatic heterocycles. The molecule has 140 valence electrons. The van der Waals surface area contributed by atoms with Crippen molar-refractivity contribution < 1.29 is 4.79 Å². The summed E-state index contributed by atoms with van der Waals surface area (Å²) in [4.78, 5) is 12.5. The molecule has 2 nitrogen and oxygen atoms in total. The first kappa shape index (κ1) is 18.5. The van der Waals surface area contributed by atoms with Gasteiger partial charge in [-0.2, -0.15) is 0 Å². The maximum Gasteiger partial charge on any atom is 0.255 e. The molecule has 0 saturated carbocycles. The van der Waals surface area contributed by atoms with Crippen molar-refractivity contribution in [2.75, 3.05) is 5.32 Å². The number of hydrogen-bond acceptors (Lipinski definition) is 1. The van der Waals surface area contributed by atoms with Crippen molar-refractivity contribution >= 4 is 23.7 Å². The van der Waals surface area contributed by atoms with Crippen molar-refractivity contribution in [3.63, 3.8) is 0 Å². The maximum absolute atomic E-state index is 12.5. The van der Waals surface area contributed by atoms with E-state index in [0.29, 0.717) is 5.56 Å². The average molecular weight is 375 g/mol. The van der Waals surface area contributed by atoms with Gasteiger partial charge in [0.2, 0.25) is 0 Å². The number of amides is 1. The van der Waals surface area contributed by atoms with Gasteiger partial charge >= 0.3 is 0 Å². The van der Waals surface area contributed by atoms with Crippen LogP contribution in [0.5, 0.6) is 0 Å². The highest BCUT2D eigenvalue weighted by Crippen LogP contribution is 2.22. The molecule has 0 aliphatic rings. The molecule has 0 bridgehead atoms. The van der Waals surface area contributed by atoms with Gasteiger partial charge in [0.1, 0.15) is 0 Å². The second-order valence-electron chi connectivity index (χ2n) is 6.73. The highest BCUT2D eigenvalue weighted by atomic mass is 16.1. The molecule has 0 atom stereocenters. The van der Waals surface area contributed by atoms with E-state index in [4.69, 9.17) is 0 Å². The van der Waals surface area contributed by atoms with Crippen LogP contribution in [0.2, 0.25) is 0 Å². The molecule has 4 aromatic rings. The van der Waals surface area contributed by atoms with E-state index in [9.17, 15) is 4.79 Å². The molecule has 0 aliphatic heterocycles. The zero-order valence-corrected chi connectivity index (χ0v) is 16.0. The minimum Gasteiger partial charge on any atom is -0.321 e. The lowest BCUT2D eigenvalue weighted by atomic mass is 10.0. The minimum absolute atomic E-state index is 0.112. The first-order valence-electron chi connectivity index (χ1n) is 9.58. The molecule has 0 spiro atoms. The summed E-state index contributed by atoms with van der Waals surface area (Å²) in [6.07, 6.45) is 4.08. The van der Waals surface area contributed by atoms with Crippen LogP contribution in [0.15, 0.2) is 109 Å². The molecule has 0 heterocycles. The predicted molar refractivity (Wildman–Crippen MR) is 122 cm³/mol. The molecule has 29 heavy (non-hydrogen) atoms. The van der Waals surface area contributed by atoms with Gasteiger partial charge < -0.3 is 5.32 Å². The number of hydrogen-bond donors (Lipinski definition) is 1. The van der Waals surface area contributed by atoms with E-state index in [1.807, 2.05) is 78.9 Å². The van der Waals surface area contributed by atoms with Gasteiger partial charge in [0.25, 0.3) is 5.91 Å². The van der Waals surface area contributed by atoms with Crippen LogP contribution in [-0.2, 0) is 0 Å². The highest BCUT2D eigenvalue weighted by molar-refractivity contribution is 6.05. The molecule has 0 saturated heterocycles. The van der Waals surface area contributed by atoms with E-state index in [-0.39, 0.29) is 5.91 Å². The lowest BCUT2D eigenvalue weighted by Gasteiger charge is -2.08.